The van der Waals surface area contributed by atoms with Gasteiger partial charge in [0.2, 0.25) is 0 Å². The van der Waals surface area contributed by atoms with Crippen LogP contribution in [0, 0.1) is 12.8 Å². The lowest BCUT2D eigenvalue weighted by molar-refractivity contribution is 0.178. The number of aryl methyl sites for hydroxylation is 1. The summed E-state index contributed by atoms with van der Waals surface area (Å²) in [7, 11) is 1.99. The van der Waals surface area contributed by atoms with E-state index in [9.17, 15) is 0 Å². The average Bonchev–Trinajstić information content (AvgIpc) is 2.26. The molecule has 0 radical (unpaired) electrons. The second kappa shape index (κ2) is 5.54. The van der Waals surface area contributed by atoms with Gasteiger partial charge in [0.25, 0.3) is 0 Å². The van der Waals surface area contributed by atoms with E-state index in [0.29, 0.717) is 6.04 Å². The molecule has 0 bridgehead atoms. The number of hydrogen-bond donors (Lipinski definition) is 1. The molecule has 0 spiro atoms. The van der Waals surface area contributed by atoms with Crippen molar-refractivity contribution < 1.29 is 4.74 Å². The Morgan fingerprint density at radius 1 is 1.41 bits per heavy atom. The summed E-state index contributed by atoms with van der Waals surface area (Å²) in [5, 5.41) is 3.28. The molecular weight excluding hydrogens is 210 g/mol. The van der Waals surface area contributed by atoms with Crippen LogP contribution in [0.5, 0.6) is 5.75 Å². The van der Waals surface area contributed by atoms with Crippen LogP contribution in [0.25, 0.3) is 0 Å². The average molecular weight is 233 g/mol. The summed E-state index contributed by atoms with van der Waals surface area (Å²) in [5.41, 5.74) is 2.53. The second-order valence-electron chi connectivity index (χ2n) is 5.16. The molecule has 0 aromatic heterocycles. The molecule has 2 rings (SSSR count). The van der Waals surface area contributed by atoms with E-state index in [1.807, 2.05) is 7.05 Å². The van der Waals surface area contributed by atoms with Crippen LogP contribution in [0.4, 0.5) is 0 Å². The lowest BCUT2D eigenvalue weighted by Gasteiger charge is -2.26. The van der Waals surface area contributed by atoms with Gasteiger partial charge in [-0.1, -0.05) is 18.6 Å². The number of benzene rings is 1. The molecule has 2 heteroatoms. The molecule has 1 unspecified atom stereocenters. The number of hydrogen-bond acceptors (Lipinski definition) is 2. The van der Waals surface area contributed by atoms with Crippen LogP contribution < -0.4 is 10.1 Å². The van der Waals surface area contributed by atoms with Crippen molar-refractivity contribution in [2.24, 2.45) is 5.92 Å². The van der Waals surface area contributed by atoms with Crippen LogP contribution in [0.2, 0.25) is 0 Å². The van der Waals surface area contributed by atoms with E-state index in [-0.39, 0.29) is 0 Å². The summed E-state index contributed by atoms with van der Waals surface area (Å²) in [6, 6.07) is 6.82. The molecule has 0 heterocycles. The van der Waals surface area contributed by atoms with Crippen LogP contribution in [0.15, 0.2) is 18.2 Å². The molecule has 0 saturated heterocycles. The van der Waals surface area contributed by atoms with Gasteiger partial charge in [0.15, 0.2) is 0 Å². The van der Waals surface area contributed by atoms with E-state index in [4.69, 9.17) is 4.74 Å². The highest BCUT2D eigenvalue weighted by Gasteiger charge is 2.19. The molecule has 17 heavy (non-hydrogen) atoms. The van der Waals surface area contributed by atoms with Crippen LogP contribution in [-0.4, -0.2) is 13.7 Å². The summed E-state index contributed by atoms with van der Waals surface area (Å²) < 4.78 is 6.00. The van der Waals surface area contributed by atoms with Gasteiger partial charge < -0.3 is 10.1 Å². The van der Waals surface area contributed by atoms with Crippen molar-refractivity contribution in [3.8, 4) is 5.75 Å². The Labute approximate surface area is 104 Å². The first-order chi connectivity index (χ1) is 8.20. The summed E-state index contributed by atoms with van der Waals surface area (Å²) in [6.07, 6.45) is 4.05. The first kappa shape index (κ1) is 12.4. The molecule has 1 atom stereocenters. The first-order valence-electron chi connectivity index (χ1n) is 6.61. The normalized spacial score (nSPS) is 17.6. The maximum absolute atomic E-state index is 6.00. The quantitative estimate of drug-likeness (QED) is 0.841. The van der Waals surface area contributed by atoms with E-state index in [1.54, 1.807) is 0 Å². The zero-order valence-electron chi connectivity index (χ0n) is 11.1. The second-order valence-corrected chi connectivity index (χ2v) is 5.16. The smallest absolute Gasteiger partial charge is 0.124 e. The lowest BCUT2D eigenvalue weighted by Crippen LogP contribution is -2.20. The fourth-order valence-corrected chi connectivity index (χ4v) is 2.15. The molecule has 0 amide bonds. The Bertz CT molecular complexity index is 371. The zero-order valence-corrected chi connectivity index (χ0v) is 11.1. The fourth-order valence-electron chi connectivity index (χ4n) is 2.15. The molecule has 2 nitrogen and oxygen atoms in total. The van der Waals surface area contributed by atoms with E-state index >= 15 is 0 Å². The molecule has 1 N–H and O–H groups in total. The SMILES string of the molecule is CNC(C)c1ccc(C)cc1OCC1CCC1. The number of rotatable bonds is 5. The Hall–Kier alpha value is -1.02. The third-order valence-corrected chi connectivity index (χ3v) is 3.77. The molecule has 1 fully saturated rings. The van der Waals surface area contributed by atoms with E-state index < -0.39 is 0 Å². The minimum atomic E-state index is 0.340. The third kappa shape index (κ3) is 3.01. The van der Waals surface area contributed by atoms with Crippen molar-refractivity contribution in [2.75, 3.05) is 13.7 Å². The minimum Gasteiger partial charge on any atom is -0.493 e. The first-order valence-corrected chi connectivity index (χ1v) is 6.61. The maximum atomic E-state index is 6.00. The van der Waals surface area contributed by atoms with E-state index in [0.717, 1.165) is 18.3 Å². The van der Waals surface area contributed by atoms with Crippen molar-refractivity contribution >= 4 is 0 Å². The van der Waals surface area contributed by atoms with E-state index in [2.05, 4.69) is 37.4 Å². The Kier molecular flexibility index (Phi) is 4.06. The van der Waals surface area contributed by atoms with Gasteiger partial charge in [-0.05, 0) is 51.3 Å². The van der Waals surface area contributed by atoms with Gasteiger partial charge in [-0.3, -0.25) is 0 Å². The Balaban J connectivity index is 2.08. The van der Waals surface area contributed by atoms with Crippen molar-refractivity contribution in [1.82, 2.24) is 5.32 Å². The predicted octanol–water partition coefficient (Wildman–Crippen LogP) is 3.45. The van der Waals surface area contributed by atoms with Gasteiger partial charge in [-0.15, -0.1) is 0 Å². The summed E-state index contributed by atoms with van der Waals surface area (Å²) in [6.45, 7) is 5.16. The van der Waals surface area contributed by atoms with Gasteiger partial charge in [-0.2, -0.15) is 0 Å². The van der Waals surface area contributed by atoms with Crippen molar-refractivity contribution in [3.05, 3.63) is 29.3 Å². The Morgan fingerprint density at radius 2 is 2.18 bits per heavy atom. The largest absolute Gasteiger partial charge is 0.493 e. The van der Waals surface area contributed by atoms with Gasteiger partial charge >= 0.3 is 0 Å². The van der Waals surface area contributed by atoms with Gasteiger partial charge in [0.1, 0.15) is 5.75 Å². The summed E-state index contributed by atoms with van der Waals surface area (Å²) >= 11 is 0. The van der Waals surface area contributed by atoms with E-state index in [1.165, 1.54) is 30.4 Å². The number of nitrogens with one attached hydrogen (secondary N) is 1. The van der Waals surface area contributed by atoms with Crippen molar-refractivity contribution in [1.29, 1.82) is 0 Å². The van der Waals surface area contributed by atoms with Crippen molar-refractivity contribution in [3.63, 3.8) is 0 Å². The molecule has 1 saturated carbocycles. The molecular formula is C15H23NO. The highest BCUT2D eigenvalue weighted by molar-refractivity contribution is 5.39. The van der Waals surface area contributed by atoms with Crippen LogP contribution in [-0.2, 0) is 0 Å². The van der Waals surface area contributed by atoms with Gasteiger partial charge in [0.05, 0.1) is 6.61 Å². The topological polar surface area (TPSA) is 21.3 Å². The van der Waals surface area contributed by atoms with Crippen molar-refractivity contribution in [2.45, 2.75) is 39.2 Å². The van der Waals surface area contributed by atoms with Gasteiger partial charge in [-0.25, -0.2) is 0 Å². The lowest BCUT2D eigenvalue weighted by atomic mass is 9.86. The van der Waals surface area contributed by atoms with Crippen LogP contribution in [0.1, 0.15) is 43.4 Å². The predicted molar refractivity (Wildman–Crippen MR) is 71.5 cm³/mol. The van der Waals surface area contributed by atoms with Crippen LogP contribution >= 0.6 is 0 Å². The maximum Gasteiger partial charge on any atom is 0.124 e. The van der Waals surface area contributed by atoms with Gasteiger partial charge in [0, 0.05) is 11.6 Å². The summed E-state index contributed by atoms with van der Waals surface area (Å²) in [4.78, 5) is 0. The molecule has 1 aromatic rings. The summed E-state index contributed by atoms with van der Waals surface area (Å²) in [5.74, 6) is 1.84. The molecule has 94 valence electrons. The van der Waals surface area contributed by atoms with Crippen LogP contribution in [0.3, 0.4) is 0 Å². The number of ether oxygens (including phenoxy) is 1. The highest BCUT2D eigenvalue weighted by Crippen LogP contribution is 2.30. The molecule has 1 aliphatic rings. The molecule has 0 aliphatic heterocycles. The monoisotopic (exact) mass is 233 g/mol. The zero-order chi connectivity index (χ0) is 12.3. The molecule has 1 aliphatic carbocycles. The minimum absolute atomic E-state index is 0.340. The standard InChI is InChI=1S/C15H23NO/c1-11-7-8-14(12(2)16-3)15(9-11)17-10-13-5-4-6-13/h7-9,12-13,16H,4-6,10H2,1-3H3. The third-order valence-electron chi connectivity index (χ3n) is 3.77. The highest BCUT2D eigenvalue weighted by atomic mass is 16.5. The Morgan fingerprint density at radius 3 is 2.76 bits per heavy atom. The fraction of sp³-hybridized carbons (Fsp3) is 0.600. The molecule has 1 aromatic carbocycles.